The number of carbonyl (C=O) groups is 2. The molecule has 184 valence electrons. The van der Waals surface area contributed by atoms with Crippen LogP contribution in [0.4, 0.5) is 0 Å². The van der Waals surface area contributed by atoms with E-state index in [1.807, 2.05) is 18.2 Å². The zero-order valence-corrected chi connectivity index (χ0v) is 20.8. The Morgan fingerprint density at radius 1 is 0.971 bits per heavy atom. The number of hydrogen-bond donors (Lipinski definition) is 0. The van der Waals surface area contributed by atoms with Crippen LogP contribution in [0.5, 0.6) is 0 Å². The van der Waals surface area contributed by atoms with Crippen molar-refractivity contribution in [2.75, 3.05) is 39.3 Å². The lowest BCUT2D eigenvalue weighted by Crippen LogP contribution is -2.51. The molecule has 1 atom stereocenters. The fraction of sp³-hybridized carbons (Fsp3) is 0.440. The fourth-order valence-corrected chi connectivity index (χ4v) is 5.50. The maximum Gasteiger partial charge on any atom is 0.338 e. The van der Waals surface area contributed by atoms with Crippen molar-refractivity contribution in [3.63, 3.8) is 0 Å². The molecule has 2 aromatic carbocycles. The number of benzene rings is 2. The summed E-state index contributed by atoms with van der Waals surface area (Å²) in [5.41, 5.74) is 1.33. The smallest absolute Gasteiger partial charge is 0.338 e. The average molecular weight is 488 g/mol. The van der Waals surface area contributed by atoms with Crippen molar-refractivity contribution < 1.29 is 22.7 Å². The Kier molecular flexibility index (Phi) is 8.82. The molecule has 0 saturated carbocycles. The Labute approximate surface area is 202 Å². The number of sulfonamides is 1. The third-order valence-electron chi connectivity index (χ3n) is 5.98. The van der Waals surface area contributed by atoms with Crippen molar-refractivity contribution in [1.82, 2.24) is 14.1 Å². The molecular formula is C25H33N3O5S. The van der Waals surface area contributed by atoms with Gasteiger partial charge < -0.3 is 9.64 Å². The van der Waals surface area contributed by atoms with Gasteiger partial charge in [-0.3, -0.25) is 9.69 Å². The minimum Gasteiger partial charge on any atom is -0.449 e. The predicted octanol–water partition coefficient (Wildman–Crippen LogP) is 2.61. The molecule has 1 amide bonds. The topological polar surface area (TPSA) is 87.2 Å². The molecule has 1 heterocycles. The lowest BCUT2D eigenvalue weighted by molar-refractivity contribution is -0.141. The number of carbonyl (C=O) groups excluding carboxylic acids is 2. The molecule has 0 aromatic heterocycles. The molecule has 34 heavy (non-hydrogen) atoms. The van der Waals surface area contributed by atoms with Crippen molar-refractivity contribution >= 4 is 21.9 Å². The average Bonchev–Trinajstić information content (AvgIpc) is 2.85. The number of rotatable bonds is 9. The molecule has 8 nitrogen and oxygen atoms in total. The Bertz CT molecular complexity index is 1080. The predicted molar refractivity (Wildman–Crippen MR) is 130 cm³/mol. The molecule has 3 rings (SSSR count). The maximum absolute atomic E-state index is 12.9. The molecule has 0 spiro atoms. The number of esters is 1. The molecule has 2 aromatic rings. The van der Waals surface area contributed by atoms with E-state index in [1.54, 1.807) is 25.7 Å². The van der Waals surface area contributed by atoms with E-state index in [1.165, 1.54) is 34.1 Å². The first-order valence-electron chi connectivity index (χ1n) is 11.6. The Morgan fingerprint density at radius 3 is 2.24 bits per heavy atom. The van der Waals surface area contributed by atoms with Gasteiger partial charge in [0.15, 0.2) is 6.10 Å². The SMILES string of the molecule is CCN(CC)S(=O)(=O)c1cccc(C(=O)OC(C)C(=O)N2CCN(Cc3ccccc3)CC2)c1. The summed E-state index contributed by atoms with van der Waals surface area (Å²) in [6.07, 6.45) is -0.962. The lowest BCUT2D eigenvalue weighted by atomic mass is 10.2. The van der Waals surface area contributed by atoms with Gasteiger partial charge in [0.2, 0.25) is 10.0 Å². The van der Waals surface area contributed by atoms with E-state index in [4.69, 9.17) is 4.74 Å². The van der Waals surface area contributed by atoms with E-state index in [0.717, 1.165) is 19.6 Å². The number of nitrogens with zero attached hydrogens (tertiary/aromatic N) is 3. The molecule has 0 aliphatic carbocycles. The van der Waals surface area contributed by atoms with Gasteiger partial charge >= 0.3 is 5.97 Å². The summed E-state index contributed by atoms with van der Waals surface area (Å²) in [5, 5.41) is 0. The Balaban J connectivity index is 1.57. The van der Waals surface area contributed by atoms with Crippen LogP contribution in [0.1, 0.15) is 36.7 Å². The number of amides is 1. The van der Waals surface area contributed by atoms with Crippen LogP contribution in [0.15, 0.2) is 59.5 Å². The highest BCUT2D eigenvalue weighted by Crippen LogP contribution is 2.18. The third kappa shape index (κ3) is 6.22. The molecule has 1 saturated heterocycles. The number of piperazine rings is 1. The molecule has 1 aliphatic rings. The van der Waals surface area contributed by atoms with Gasteiger partial charge in [-0.2, -0.15) is 4.31 Å². The molecule has 9 heteroatoms. The van der Waals surface area contributed by atoms with Crippen molar-refractivity contribution in [3.8, 4) is 0 Å². The van der Waals surface area contributed by atoms with Gasteiger partial charge in [-0.05, 0) is 30.7 Å². The Morgan fingerprint density at radius 2 is 1.62 bits per heavy atom. The summed E-state index contributed by atoms with van der Waals surface area (Å²) >= 11 is 0. The van der Waals surface area contributed by atoms with Crippen LogP contribution in [-0.2, 0) is 26.1 Å². The fourth-order valence-electron chi connectivity index (χ4n) is 4.00. The van der Waals surface area contributed by atoms with Gasteiger partial charge in [-0.1, -0.05) is 50.2 Å². The molecule has 0 N–H and O–H groups in total. The van der Waals surface area contributed by atoms with Crippen LogP contribution in [0.25, 0.3) is 0 Å². The van der Waals surface area contributed by atoms with Crippen molar-refractivity contribution in [1.29, 1.82) is 0 Å². The van der Waals surface area contributed by atoms with E-state index in [0.29, 0.717) is 26.2 Å². The molecule has 1 unspecified atom stereocenters. The molecule has 1 fully saturated rings. The van der Waals surface area contributed by atoms with Crippen molar-refractivity contribution in [3.05, 3.63) is 65.7 Å². The summed E-state index contributed by atoms with van der Waals surface area (Å²) in [6, 6.07) is 15.9. The highest BCUT2D eigenvalue weighted by molar-refractivity contribution is 7.89. The summed E-state index contributed by atoms with van der Waals surface area (Å²) in [4.78, 5) is 29.6. The first kappa shape index (κ1) is 25.9. The van der Waals surface area contributed by atoms with Gasteiger partial charge in [0.25, 0.3) is 5.91 Å². The standard InChI is InChI=1S/C25H33N3O5S/c1-4-28(5-2)34(31,32)23-13-9-12-22(18-23)25(30)33-20(3)24(29)27-16-14-26(15-17-27)19-21-10-7-6-8-11-21/h6-13,18,20H,4-5,14-17,19H2,1-3H3. The van der Waals surface area contributed by atoms with Crippen LogP contribution in [0.2, 0.25) is 0 Å². The molecule has 0 radical (unpaired) electrons. The van der Waals surface area contributed by atoms with Crippen LogP contribution in [0, 0.1) is 0 Å². The second-order valence-electron chi connectivity index (χ2n) is 8.25. The quantitative estimate of drug-likeness (QED) is 0.506. The van der Waals surface area contributed by atoms with Crippen molar-refractivity contribution in [2.24, 2.45) is 0 Å². The minimum atomic E-state index is -3.70. The summed E-state index contributed by atoms with van der Waals surface area (Å²) in [6.45, 7) is 9.17. The highest BCUT2D eigenvalue weighted by Gasteiger charge is 2.28. The maximum atomic E-state index is 12.9. The van der Waals surface area contributed by atoms with Gasteiger partial charge in [-0.15, -0.1) is 0 Å². The van der Waals surface area contributed by atoms with E-state index in [9.17, 15) is 18.0 Å². The van der Waals surface area contributed by atoms with Gasteiger partial charge in [0.1, 0.15) is 0 Å². The number of hydrogen-bond acceptors (Lipinski definition) is 6. The lowest BCUT2D eigenvalue weighted by Gasteiger charge is -2.35. The van der Waals surface area contributed by atoms with Crippen molar-refractivity contribution in [2.45, 2.75) is 38.3 Å². The van der Waals surface area contributed by atoms with Gasteiger partial charge in [0.05, 0.1) is 10.5 Å². The monoisotopic (exact) mass is 487 g/mol. The van der Waals surface area contributed by atoms with E-state index in [2.05, 4.69) is 17.0 Å². The van der Waals surface area contributed by atoms with Crippen LogP contribution in [0.3, 0.4) is 0 Å². The second-order valence-corrected chi connectivity index (χ2v) is 10.2. The van der Waals surface area contributed by atoms with Crippen LogP contribution < -0.4 is 0 Å². The minimum absolute atomic E-state index is 0.0270. The Hall–Kier alpha value is -2.75. The molecular weight excluding hydrogens is 454 g/mol. The first-order valence-corrected chi connectivity index (χ1v) is 13.1. The third-order valence-corrected chi connectivity index (χ3v) is 8.02. The second kappa shape index (κ2) is 11.6. The van der Waals surface area contributed by atoms with E-state index < -0.39 is 22.1 Å². The largest absolute Gasteiger partial charge is 0.449 e. The van der Waals surface area contributed by atoms with Gasteiger partial charge in [0, 0.05) is 45.8 Å². The van der Waals surface area contributed by atoms with Gasteiger partial charge in [-0.25, -0.2) is 13.2 Å². The zero-order chi connectivity index (χ0) is 24.7. The molecule has 1 aliphatic heterocycles. The molecule has 0 bridgehead atoms. The van der Waals surface area contributed by atoms with Crippen LogP contribution in [-0.4, -0.2) is 79.8 Å². The highest BCUT2D eigenvalue weighted by atomic mass is 32.2. The number of ether oxygens (including phenoxy) is 1. The van der Waals surface area contributed by atoms with E-state index in [-0.39, 0.29) is 16.4 Å². The first-order chi connectivity index (χ1) is 16.3. The normalized spacial score (nSPS) is 15.8. The zero-order valence-electron chi connectivity index (χ0n) is 20.0. The summed E-state index contributed by atoms with van der Waals surface area (Å²) < 4.78 is 32.2. The van der Waals surface area contributed by atoms with E-state index >= 15 is 0 Å². The summed E-state index contributed by atoms with van der Waals surface area (Å²) in [7, 11) is -3.70. The summed E-state index contributed by atoms with van der Waals surface area (Å²) in [5.74, 6) is -0.972. The van der Waals surface area contributed by atoms with Crippen LogP contribution >= 0.6 is 0 Å².